The number of hydrogen-bond acceptors (Lipinski definition) is 4. The van der Waals surface area contributed by atoms with Gasteiger partial charge in [0.1, 0.15) is 11.3 Å². The fraction of sp³-hybridized carbons (Fsp3) is 0.182. The molecule has 2 atom stereocenters. The Kier molecular flexibility index (Phi) is 10.7. The van der Waals surface area contributed by atoms with Gasteiger partial charge in [-0.25, -0.2) is 9.25 Å². The third-order valence-electron chi connectivity index (χ3n) is 5.13. The van der Waals surface area contributed by atoms with Crippen LogP contribution in [0.15, 0.2) is 72.8 Å². The van der Waals surface area contributed by atoms with E-state index in [0.717, 1.165) is 12.1 Å². The fourth-order valence-electron chi connectivity index (χ4n) is 3.46. The molecule has 2 unspecified atom stereocenters. The first-order chi connectivity index (χ1) is 16.0. The van der Waals surface area contributed by atoms with Crippen LogP contribution in [0, 0.1) is 0 Å². The normalized spacial score (nSPS) is 14.0. The Labute approximate surface area is 247 Å². The molecule has 1 aromatic heterocycles. The number of rotatable bonds is 7. The molecule has 2 radical (unpaired) electrons. The summed E-state index contributed by atoms with van der Waals surface area (Å²) in [5.41, 5.74) is 1.69. The van der Waals surface area contributed by atoms with Crippen molar-refractivity contribution in [1.82, 2.24) is 15.0 Å². The second-order valence-corrected chi connectivity index (χ2v) is 9.14. The minimum absolute atomic E-state index is 0. The Balaban J connectivity index is 0.00000228. The van der Waals surface area contributed by atoms with Crippen LogP contribution in [0.5, 0.6) is 5.75 Å². The SMILES string of the molecule is O=P(O)(Oc1ccc(CC(c2ccc(C(F)(F)F)cc2)n2nnc3ccccc32)cc1)C(F)F.[Na].[Na]. The summed E-state index contributed by atoms with van der Waals surface area (Å²) in [5, 5.41) is 8.31. The summed E-state index contributed by atoms with van der Waals surface area (Å²) in [6.07, 6.45) is -7.77. The molecule has 36 heavy (non-hydrogen) atoms. The van der Waals surface area contributed by atoms with Gasteiger partial charge in [0.2, 0.25) is 0 Å². The van der Waals surface area contributed by atoms with E-state index >= 15 is 0 Å². The molecule has 180 valence electrons. The van der Waals surface area contributed by atoms with Crippen LogP contribution < -0.4 is 4.52 Å². The van der Waals surface area contributed by atoms with E-state index in [2.05, 4.69) is 14.8 Å². The Morgan fingerprint density at radius 3 is 2.14 bits per heavy atom. The molecular weight excluding hydrogens is 526 g/mol. The number of fused-ring (bicyclic) bond motifs is 1. The maximum atomic E-state index is 13.0. The van der Waals surface area contributed by atoms with Crippen LogP contribution in [0.3, 0.4) is 0 Å². The van der Waals surface area contributed by atoms with E-state index in [-0.39, 0.29) is 71.3 Å². The van der Waals surface area contributed by atoms with E-state index in [1.54, 1.807) is 28.9 Å². The molecule has 14 heteroatoms. The van der Waals surface area contributed by atoms with Crippen LogP contribution in [0.2, 0.25) is 0 Å². The maximum Gasteiger partial charge on any atom is 0.442 e. The predicted molar refractivity (Wildman–Crippen MR) is 125 cm³/mol. The van der Waals surface area contributed by atoms with E-state index in [4.69, 9.17) is 0 Å². The molecule has 4 rings (SSSR count). The summed E-state index contributed by atoms with van der Waals surface area (Å²) >= 11 is 0. The van der Waals surface area contributed by atoms with Crippen LogP contribution in [0.1, 0.15) is 22.7 Å². The van der Waals surface area contributed by atoms with Crippen molar-refractivity contribution in [2.45, 2.75) is 24.8 Å². The van der Waals surface area contributed by atoms with Crippen molar-refractivity contribution in [2.75, 3.05) is 0 Å². The summed E-state index contributed by atoms with van der Waals surface area (Å²) in [7, 11) is -5.11. The maximum absolute atomic E-state index is 13.0. The number of nitrogens with zero attached hydrogens (tertiary/aromatic N) is 3. The zero-order valence-electron chi connectivity index (χ0n) is 19.2. The minimum Gasteiger partial charge on any atom is -0.421 e. The second kappa shape index (κ2) is 12.5. The van der Waals surface area contributed by atoms with Gasteiger partial charge in [-0.15, -0.1) is 5.10 Å². The predicted octanol–water partition coefficient (Wildman–Crippen LogP) is 5.31. The summed E-state index contributed by atoms with van der Waals surface area (Å²) in [4.78, 5) is 9.20. The van der Waals surface area contributed by atoms with Crippen molar-refractivity contribution in [3.05, 3.63) is 89.5 Å². The van der Waals surface area contributed by atoms with Crippen molar-refractivity contribution >= 4 is 77.7 Å². The zero-order chi connectivity index (χ0) is 24.5. The van der Waals surface area contributed by atoms with Crippen molar-refractivity contribution in [1.29, 1.82) is 0 Å². The molecule has 0 saturated carbocycles. The van der Waals surface area contributed by atoms with Gasteiger partial charge in [-0.1, -0.05) is 41.6 Å². The van der Waals surface area contributed by atoms with Gasteiger partial charge < -0.3 is 9.42 Å². The van der Waals surface area contributed by atoms with E-state index in [9.17, 15) is 31.4 Å². The molecular formula is C22H17F5N3Na2O3P. The Hall–Kier alpha value is -1.30. The number of benzene rings is 3. The number of halogens is 5. The topological polar surface area (TPSA) is 77.2 Å². The first-order valence-corrected chi connectivity index (χ1v) is 11.6. The van der Waals surface area contributed by atoms with E-state index in [0.29, 0.717) is 22.2 Å². The monoisotopic (exact) mass is 543 g/mol. The molecule has 0 amide bonds. The number of aromatic nitrogens is 3. The summed E-state index contributed by atoms with van der Waals surface area (Å²) in [6.45, 7) is 0. The Bertz CT molecular complexity index is 1340. The molecule has 1 N–H and O–H groups in total. The molecule has 0 fully saturated rings. The molecule has 0 aliphatic carbocycles. The van der Waals surface area contributed by atoms with Gasteiger partial charge in [0.15, 0.2) is 0 Å². The minimum atomic E-state index is -5.11. The molecule has 3 aromatic carbocycles. The quantitative estimate of drug-likeness (QED) is 0.194. The number of alkyl halides is 5. The summed E-state index contributed by atoms with van der Waals surface area (Å²) in [5.74, 6) is -0.216. The van der Waals surface area contributed by atoms with Crippen LogP contribution in [-0.4, -0.2) is 85.2 Å². The average Bonchev–Trinajstić information content (AvgIpc) is 3.22. The van der Waals surface area contributed by atoms with Gasteiger partial charge in [-0.05, 0) is 53.9 Å². The van der Waals surface area contributed by atoms with Gasteiger partial charge in [-0.3, -0.25) is 0 Å². The van der Waals surface area contributed by atoms with Crippen molar-refractivity contribution < 1.29 is 35.9 Å². The average molecular weight is 543 g/mol. The fourth-order valence-corrected chi connectivity index (χ4v) is 3.96. The molecule has 4 aromatic rings. The Morgan fingerprint density at radius 2 is 1.56 bits per heavy atom. The molecule has 0 bridgehead atoms. The summed E-state index contributed by atoms with van der Waals surface area (Å²) < 4.78 is 81.8. The van der Waals surface area contributed by atoms with Crippen molar-refractivity contribution in [3.8, 4) is 5.75 Å². The number of para-hydroxylation sites is 1. The molecule has 0 saturated heterocycles. The largest absolute Gasteiger partial charge is 0.442 e. The van der Waals surface area contributed by atoms with Gasteiger partial charge >= 0.3 is 19.9 Å². The number of hydrogen-bond donors (Lipinski definition) is 1. The van der Waals surface area contributed by atoms with Crippen molar-refractivity contribution in [3.63, 3.8) is 0 Å². The molecule has 1 heterocycles. The first-order valence-electron chi connectivity index (χ1n) is 9.91. The third-order valence-corrected chi connectivity index (χ3v) is 6.10. The van der Waals surface area contributed by atoms with Crippen LogP contribution in [0.4, 0.5) is 22.0 Å². The smallest absolute Gasteiger partial charge is 0.421 e. The van der Waals surface area contributed by atoms with Gasteiger partial charge in [-0.2, -0.15) is 22.0 Å². The van der Waals surface area contributed by atoms with E-state index in [1.807, 2.05) is 0 Å². The molecule has 0 aliphatic rings. The molecule has 6 nitrogen and oxygen atoms in total. The van der Waals surface area contributed by atoms with Gasteiger partial charge in [0.05, 0.1) is 17.1 Å². The third kappa shape index (κ3) is 7.17. The van der Waals surface area contributed by atoms with E-state index in [1.165, 1.54) is 36.4 Å². The van der Waals surface area contributed by atoms with Crippen LogP contribution in [0.25, 0.3) is 11.0 Å². The second-order valence-electron chi connectivity index (χ2n) is 7.44. The van der Waals surface area contributed by atoms with Gasteiger partial charge in [0.25, 0.3) is 0 Å². The standard InChI is InChI=1S/C22H17F5N3O3P.2Na/c23-21(24)34(31,32)33-17-11-5-14(6-12-17)13-20(15-7-9-16(10-8-15)22(25,26)27)30-19-4-2-1-3-18(19)28-29-30;;/h1-12,20-21H,13H2,(H,31,32);;. The summed E-state index contributed by atoms with van der Waals surface area (Å²) in [6, 6.07) is 16.8. The Morgan fingerprint density at radius 1 is 0.944 bits per heavy atom. The first kappa shape index (κ1) is 30.9. The van der Waals surface area contributed by atoms with Crippen LogP contribution >= 0.6 is 7.60 Å². The van der Waals surface area contributed by atoms with Crippen LogP contribution in [-0.2, 0) is 17.2 Å². The zero-order valence-corrected chi connectivity index (χ0v) is 24.1. The van der Waals surface area contributed by atoms with Gasteiger partial charge in [0, 0.05) is 59.1 Å². The molecule has 0 aliphatic heterocycles. The molecule has 0 spiro atoms. The van der Waals surface area contributed by atoms with Crippen molar-refractivity contribution in [2.24, 2.45) is 0 Å². The van der Waals surface area contributed by atoms with E-state index < -0.39 is 31.5 Å².